The second kappa shape index (κ2) is 7.65. The van der Waals surface area contributed by atoms with Crippen LogP contribution in [0.2, 0.25) is 0 Å². The summed E-state index contributed by atoms with van der Waals surface area (Å²) in [6.45, 7) is 10.4. The number of ketones is 1. The Morgan fingerprint density at radius 3 is 2.25 bits per heavy atom. The van der Waals surface area contributed by atoms with Gasteiger partial charge in [0, 0.05) is 6.42 Å². The molecule has 0 saturated heterocycles. The van der Waals surface area contributed by atoms with Crippen LogP contribution in [0.3, 0.4) is 0 Å². The number of hydrogen-bond donors (Lipinski definition) is 0. The van der Waals surface area contributed by atoms with Crippen molar-refractivity contribution in [3.8, 4) is 0 Å². The zero-order valence-electron chi connectivity index (χ0n) is 11.7. The second-order valence-electron chi connectivity index (χ2n) is 5.67. The van der Waals surface area contributed by atoms with Gasteiger partial charge in [0.25, 0.3) is 0 Å². The molecular weight excluding hydrogens is 196 g/mol. The van der Waals surface area contributed by atoms with Gasteiger partial charge in [0.2, 0.25) is 0 Å². The molecule has 0 aliphatic carbocycles. The van der Waals surface area contributed by atoms with Crippen molar-refractivity contribution in [1.29, 1.82) is 0 Å². The zero-order chi connectivity index (χ0) is 12.6. The van der Waals surface area contributed by atoms with Crippen molar-refractivity contribution in [3.63, 3.8) is 0 Å². The Balaban J connectivity index is 4.03. The molecule has 0 aliphatic rings. The maximum atomic E-state index is 11.1. The summed E-state index contributed by atoms with van der Waals surface area (Å²) in [7, 11) is 0. The molecular formula is C15H28O. The van der Waals surface area contributed by atoms with Gasteiger partial charge in [-0.25, -0.2) is 0 Å². The first-order chi connectivity index (χ1) is 7.37. The molecule has 0 aromatic rings. The Labute approximate surface area is 101 Å². The first-order valence-corrected chi connectivity index (χ1v) is 6.55. The molecule has 0 aromatic carbocycles. The molecule has 0 heterocycles. The van der Waals surface area contributed by atoms with Crippen LogP contribution < -0.4 is 0 Å². The summed E-state index contributed by atoms with van der Waals surface area (Å²) in [5.41, 5.74) is 1.46. The molecule has 0 fully saturated rings. The van der Waals surface area contributed by atoms with Crippen LogP contribution >= 0.6 is 0 Å². The Morgan fingerprint density at radius 1 is 1.12 bits per heavy atom. The average molecular weight is 224 g/mol. The molecule has 0 unspecified atom stereocenters. The van der Waals surface area contributed by atoms with Crippen LogP contribution in [-0.4, -0.2) is 5.78 Å². The molecule has 0 atom stereocenters. The van der Waals surface area contributed by atoms with E-state index in [0.29, 0.717) is 6.42 Å². The Kier molecular flexibility index (Phi) is 7.36. The van der Waals surface area contributed by atoms with Crippen molar-refractivity contribution >= 4 is 5.78 Å². The normalized spacial score (nSPS) is 12.9. The lowest BCUT2D eigenvalue weighted by atomic mass is 9.85. The van der Waals surface area contributed by atoms with Gasteiger partial charge in [0.05, 0.1) is 0 Å². The molecule has 0 radical (unpaired) electrons. The van der Waals surface area contributed by atoms with Gasteiger partial charge in [-0.1, -0.05) is 51.7 Å². The summed E-state index contributed by atoms with van der Waals surface area (Å²) in [6, 6.07) is 0. The Morgan fingerprint density at radius 2 is 1.75 bits per heavy atom. The summed E-state index contributed by atoms with van der Waals surface area (Å²) in [4.78, 5) is 11.1. The van der Waals surface area contributed by atoms with E-state index in [1.165, 1.54) is 37.7 Å². The van der Waals surface area contributed by atoms with E-state index in [0.717, 1.165) is 0 Å². The Hall–Kier alpha value is -0.590. The third-order valence-electron chi connectivity index (χ3n) is 2.77. The number of allylic oxidation sites excluding steroid dienone is 2. The van der Waals surface area contributed by atoms with Gasteiger partial charge in [-0.2, -0.15) is 0 Å². The predicted octanol–water partition coefficient (Wildman–Crippen LogP) is 4.91. The number of Topliss-reactive ketones (excluding diaryl/α,β-unsaturated/α-hetero) is 1. The first kappa shape index (κ1) is 15.4. The van der Waals surface area contributed by atoms with E-state index in [2.05, 4.69) is 33.8 Å². The smallest absolute Gasteiger partial charge is 0.130 e. The standard InChI is InChI=1S/C15H28O/c1-6-7-8-9-10-13(2)11-15(4,5)12-14(3)16/h11H,6-10,12H2,1-5H3/b13-11+. The molecule has 0 aliphatic heterocycles. The van der Waals surface area contributed by atoms with Crippen LogP contribution in [0.4, 0.5) is 0 Å². The van der Waals surface area contributed by atoms with Crippen molar-refractivity contribution in [2.75, 3.05) is 0 Å². The third-order valence-corrected chi connectivity index (χ3v) is 2.77. The minimum absolute atomic E-state index is 0.0284. The van der Waals surface area contributed by atoms with Gasteiger partial charge in [-0.3, -0.25) is 4.79 Å². The van der Waals surface area contributed by atoms with E-state index in [1.54, 1.807) is 6.92 Å². The lowest BCUT2D eigenvalue weighted by Crippen LogP contribution is -2.12. The minimum atomic E-state index is 0.0284. The van der Waals surface area contributed by atoms with Crippen LogP contribution in [0.1, 0.15) is 73.1 Å². The van der Waals surface area contributed by atoms with Crippen molar-refractivity contribution in [3.05, 3.63) is 11.6 Å². The fourth-order valence-corrected chi connectivity index (χ4v) is 2.26. The fraction of sp³-hybridized carbons (Fsp3) is 0.800. The van der Waals surface area contributed by atoms with Crippen molar-refractivity contribution < 1.29 is 4.79 Å². The van der Waals surface area contributed by atoms with Gasteiger partial charge < -0.3 is 0 Å². The van der Waals surface area contributed by atoms with E-state index in [4.69, 9.17) is 0 Å². The molecule has 0 aromatic heterocycles. The molecule has 0 rings (SSSR count). The van der Waals surface area contributed by atoms with E-state index in [9.17, 15) is 4.79 Å². The SMILES string of the molecule is CCCCCC/C(C)=C/C(C)(C)CC(C)=O. The highest BCUT2D eigenvalue weighted by atomic mass is 16.1. The number of unbranched alkanes of at least 4 members (excludes halogenated alkanes) is 3. The molecule has 0 amide bonds. The molecule has 0 spiro atoms. The summed E-state index contributed by atoms with van der Waals surface area (Å²) in [5.74, 6) is 0.278. The lowest BCUT2D eigenvalue weighted by Gasteiger charge is -2.19. The highest BCUT2D eigenvalue weighted by Gasteiger charge is 2.16. The van der Waals surface area contributed by atoms with Gasteiger partial charge in [0.15, 0.2) is 0 Å². The van der Waals surface area contributed by atoms with Crippen LogP contribution in [-0.2, 0) is 4.79 Å². The molecule has 94 valence electrons. The van der Waals surface area contributed by atoms with Gasteiger partial charge in [-0.05, 0) is 32.1 Å². The van der Waals surface area contributed by atoms with E-state index >= 15 is 0 Å². The van der Waals surface area contributed by atoms with Gasteiger partial charge in [-0.15, -0.1) is 0 Å². The predicted molar refractivity (Wildman–Crippen MR) is 71.6 cm³/mol. The summed E-state index contributed by atoms with van der Waals surface area (Å²) in [5, 5.41) is 0. The number of carbonyl (C=O) groups is 1. The van der Waals surface area contributed by atoms with Crippen molar-refractivity contribution in [2.45, 2.75) is 73.1 Å². The van der Waals surface area contributed by atoms with Gasteiger partial charge in [0.1, 0.15) is 5.78 Å². The van der Waals surface area contributed by atoms with Crippen molar-refractivity contribution in [2.24, 2.45) is 5.41 Å². The van der Waals surface area contributed by atoms with E-state index < -0.39 is 0 Å². The maximum Gasteiger partial charge on any atom is 0.130 e. The van der Waals surface area contributed by atoms with Crippen LogP contribution in [0, 0.1) is 5.41 Å². The number of hydrogen-bond acceptors (Lipinski definition) is 1. The second-order valence-corrected chi connectivity index (χ2v) is 5.67. The topological polar surface area (TPSA) is 17.1 Å². The van der Waals surface area contributed by atoms with Crippen LogP contribution in [0.25, 0.3) is 0 Å². The number of rotatable bonds is 8. The largest absolute Gasteiger partial charge is 0.300 e. The number of carbonyl (C=O) groups excluding carboxylic acids is 1. The molecule has 0 bridgehead atoms. The molecule has 1 nitrogen and oxygen atoms in total. The molecule has 0 N–H and O–H groups in total. The quantitative estimate of drug-likeness (QED) is 0.423. The molecule has 1 heteroatoms. The monoisotopic (exact) mass is 224 g/mol. The summed E-state index contributed by atoms with van der Waals surface area (Å²) < 4.78 is 0. The Bertz CT molecular complexity index is 236. The van der Waals surface area contributed by atoms with Crippen LogP contribution in [0.5, 0.6) is 0 Å². The van der Waals surface area contributed by atoms with Gasteiger partial charge >= 0.3 is 0 Å². The highest BCUT2D eigenvalue weighted by molar-refractivity contribution is 5.76. The highest BCUT2D eigenvalue weighted by Crippen LogP contribution is 2.25. The average Bonchev–Trinajstić information content (AvgIpc) is 2.09. The van der Waals surface area contributed by atoms with Crippen LogP contribution in [0.15, 0.2) is 11.6 Å². The van der Waals surface area contributed by atoms with E-state index in [-0.39, 0.29) is 11.2 Å². The maximum absolute atomic E-state index is 11.1. The van der Waals surface area contributed by atoms with Crippen molar-refractivity contribution in [1.82, 2.24) is 0 Å². The summed E-state index contributed by atoms with van der Waals surface area (Å²) >= 11 is 0. The molecule has 0 saturated carbocycles. The first-order valence-electron chi connectivity index (χ1n) is 6.55. The molecule has 16 heavy (non-hydrogen) atoms. The minimum Gasteiger partial charge on any atom is -0.300 e. The lowest BCUT2D eigenvalue weighted by molar-refractivity contribution is -0.118. The van der Waals surface area contributed by atoms with E-state index in [1.807, 2.05) is 0 Å². The zero-order valence-corrected chi connectivity index (χ0v) is 11.7. The third kappa shape index (κ3) is 8.70. The summed E-state index contributed by atoms with van der Waals surface area (Å²) in [6.07, 6.45) is 9.35. The fourth-order valence-electron chi connectivity index (χ4n) is 2.26.